The van der Waals surface area contributed by atoms with Gasteiger partial charge in [0, 0.05) is 25.9 Å². The molecule has 0 fully saturated rings. The van der Waals surface area contributed by atoms with E-state index in [1.54, 1.807) is 18.3 Å². The molecule has 0 aromatic heterocycles. The predicted molar refractivity (Wildman–Crippen MR) is 113 cm³/mol. The van der Waals surface area contributed by atoms with Crippen molar-refractivity contribution in [2.75, 3.05) is 21.3 Å². The van der Waals surface area contributed by atoms with Gasteiger partial charge in [-0.15, -0.1) is 0 Å². The second-order valence-electron chi connectivity index (χ2n) is 6.88. The van der Waals surface area contributed by atoms with Gasteiger partial charge in [-0.3, -0.25) is 14.6 Å². The fourth-order valence-electron chi connectivity index (χ4n) is 2.91. The van der Waals surface area contributed by atoms with Crippen molar-refractivity contribution >= 4 is 18.2 Å². The number of methoxy groups -OCH3 is 2. The number of benzene rings is 1. The highest BCUT2D eigenvalue weighted by atomic mass is 16.5. The Morgan fingerprint density at radius 2 is 1.93 bits per heavy atom. The monoisotopic (exact) mass is 416 g/mol. The number of ether oxygens (including phenoxy) is 2. The normalized spacial score (nSPS) is 17.5. The molecule has 1 aliphatic heterocycles. The molecule has 30 heavy (non-hydrogen) atoms. The summed E-state index contributed by atoms with van der Waals surface area (Å²) in [5, 5.41) is 12.2. The van der Waals surface area contributed by atoms with E-state index in [9.17, 15) is 14.7 Å². The van der Waals surface area contributed by atoms with Gasteiger partial charge >= 0.3 is 11.9 Å². The van der Waals surface area contributed by atoms with E-state index in [2.05, 4.69) is 15.2 Å². The van der Waals surface area contributed by atoms with Crippen LogP contribution in [0.2, 0.25) is 0 Å². The van der Waals surface area contributed by atoms with Crippen molar-refractivity contribution in [1.82, 2.24) is 10.4 Å². The van der Waals surface area contributed by atoms with Crippen LogP contribution in [0.25, 0.3) is 0 Å². The highest BCUT2D eigenvalue weighted by molar-refractivity contribution is 5.90. The standard InChI is InChI=1S/C22H29N3O5/c1-15(22(28)16-8-6-5-7-9-16)25(2)24-14-19-18(12-21(27)30-4)17(13-23-19)10-11-20(26)29-3/h5-9,13-15,22,24,28H,10-12H2,1-4H3/b19-14+/t15-,22-/m0/s1/i14D. The van der Waals surface area contributed by atoms with E-state index < -0.39 is 12.1 Å². The zero-order chi connectivity index (χ0) is 23.0. The topological polar surface area (TPSA) is 100 Å². The summed E-state index contributed by atoms with van der Waals surface area (Å²) in [6.45, 7) is 1.83. The van der Waals surface area contributed by atoms with Gasteiger partial charge in [0.15, 0.2) is 0 Å². The minimum atomic E-state index is -0.774. The number of aliphatic hydroxyl groups is 1. The van der Waals surface area contributed by atoms with Crippen LogP contribution in [0, 0.1) is 0 Å². The first kappa shape index (κ1) is 21.7. The first-order valence-electron chi connectivity index (χ1n) is 10.1. The van der Waals surface area contributed by atoms with E-state index >= 15 is 0 Å². The number of hydrogen-bond acceptors (Lipinski definition) is 8. The number of carbonyl (C=O) groups excluding carboxylic acids is 2. The van der Waals surface area contributed by atoms with Gasteiger partial charge in [0.25, 0.3) is 0 Å². The van der Waals surface area contributed by atoms with E-state index in [0.717, 1.165) is 5.56 Å². The Kier molecular flexibility index (Phi) is 8.17. The molecule has 0 saturated heterocycles. The van der Waals surface area contributed by atoms with Crippen molar-refractivity contribution in [3.8, 4) is 0 Å². The molecule has 0 radical (unpaired) electrons. The fourth-order valence-corrected chi connectivity index (χ4v) is 2.91. The van der Waals surface area contributed by atoms with Crippen LogP contribution in [0.4, 0.5) is 0 Å². The van der Waals surface area contributed by atoms with Crippen molar-refractivity contribution in [3.05, 3.63) is 58.9 Å². The van der Waals surface area contributed by atoms with E-state index in [1.807, 2.05) is 37.3 Å². The fraction of sp³-hybridized carbons (Fsp3) is 0.409. The molecule has 8 nitrogen and oxygen atoms in total. The molecule has 2 atom stereocenters. The van der Waals surface area contributed by atoms with Crippen molar-refractivity contribution in [2.45, 2.75) is 38.3 Å². The van der Waals surface area contributed by atoms with Gasteiger partial charge in [-0.05, 0) is 30.1 Å². The Hall–Kier alpha value is -2.97. The number of likely N-dealkylation sites (N-methyl/N-ethyl adjacent to an activating group) is 1. The first-order chi connectivity index (χ1) is 14.8. The third-order valence-corrected chi connectivity index (χ3v) is 4.96. The number of nitrogens with one attached hydrogen (secondary N) is 1. The quantitative estimate of drug-likeness (QED) is 0.446. The van der Waals surface area contributed by atoms with Crippen molar-refractivity contribution in [2.24, 2.45) is 4.99 Å². The second kappa shape index (κ2) is 11.3. The number of hydrogen-bond donors (Lipinski definition) is 2. The average molecular weight is 416 g/mol. The van der Waals surface area contributed by atoms with Crippen LogP contribution in [-0.2, 0) is 19.1 Å². The summed E-state index contributed by atoms with van der Waals surface area (Å²) in [7, 11) is 4.32. The van der Waals surface area contributed by atoms with Crippen LogP contribution >= 0.6 is 0 Å². The maximum atomic E-state index is 11.9. The molecule has 162 valence electrons. The lowest BCUT2D eigenvalue weighted by Crippen LogP contribution is -2.41. The number of rotatable bonds is 10. The maximum absolute atomic E-state index is 11.9. The Bertz CT molecular complexity index is 882. The number of esters is 2. The second-order valence-corrected chi connectivity index (χ2v) is 6.88. The Morgan fingerprint density at radius 1 is 1.27 bits per heavy atom. The van der Waals surface area contributed by atoms with Gasteiger partial charge in [-0.1, -0.05) is 30.3 Å². The SMILES string of the molecule is [2H]/C(NN(C)[C@@H](C)[C@H](O)c1ccccc1)=C1\N=CC(CCC(=O)OC)=C1CC(=O)OC. The van der Waals surface area contributed by atoms with E-state index in [4.69, 9.17) is 6.11 Å². The third-order valence-electron chi connectivity index (χ3n) is 4.96. The van der Waals surface area contributed by atoms with Crippen LogP contribution in [0.15, 0.2) is 58.3 Å². The molecule has 1 aromatic carbocycles. The van der Waals surface area contributed by atoms with Gasteiger partial charge in [0.2, 0.25) is 0 Å². The molecule has 1 heterocycles. The minimum Gasteiger partial charge on any atom is -0.469 e. The molecule has 0 unspecified atom stereocenters. The molecule has 2 N–H and O–H groups in total. The largest absolute Gasteiger partial charge is 0.469 e. The van der Waals surface area contributed by atoms with Gasteiger partial charge in [-0.25, -0.2) is 5.01 Å². The molecule has 1 aromatic rings. The van der Waals surface area contributed by atoms with Crippen molar-refractivity contribution in [3.63, 3.8) is 0 Å². The van der Waals surface area contributed by atoms with Crippen LogP contribution < -0.4 is 5.43 Å². The average Bonchev–Trinajstić information content (AvgIpc) is 3.18. The summed E-state index contributed by atoms with van der Waals surface area (Å²) in [5.74, 6) is -0.842. The van der Waals surface area contributed by atoms with E-state index in [-0.39, 0.29) is 31.0 Å². The lowest BCUT2D eigenvalue weighted by Gasteiger charge is -2.29. The lowest BCUT2D eigenvalue weighted by atomic mass is 10.0. The zero-order valence-electron chi connectivity index (χ0n) is 18.7. The molecule has 0 saturated carbocycles. The predicted octanol–water partition coefficient (Wildman–Crippen LogP) is 2.28. The number of nitrogens with zero attached hydrogens (tertiary/aromatic N) is 2. The smallest absolute Gasteiger partial charge is 0.310 e. The third kappa shape index (κ3) is 6.27. The molecule has 8 heteroatoms. The zero-order valence-corrected chi connectivity index (χ0v) is 17.7. The van der Waals surface area contributed by atoms with Gasteiger partial charge in [-0.2, -0.15) is 0 Å². The summed E-state index contributed by atoms with van der Waals surface area (Å²) < 4.78 is 17.9. The number of carbonyl (C=O) groups is 2. The number of aliphatic imine (C=N–C) groups is 1. The van der Waals surface area contributed by atoms with Crippen molar-refractivity contribution < 1.29 is 25.5 Å². The summed E-state index contributed by atoms with van der Waals surface area (Å²) in [4.78, 5) is 27.7. The van der Waals surface area contributed by atoms with Crippen LogP contribution in [0.3, 0.4) is 0 Å². The molecule has 0 spiro atoms. The van der Waals surface area contributed by atoms with Gasteiger partial charge in [0.05, 0.1) is 39.9 Å². The summed E-state index contributed by atoms with van der Waals surface area (Å²) in [6.07, 6.45) is 1.14. The minimum absolute atomic E-state index is 0.0298. The highest BCUT2D eigenvalue weighted by Gasteiger charge is 2.22. The number of hydrazine groups is 1. The molecule has 1 aliphatic rings. The number of aliphatic hydroxyl groups excluding tert-OH is 1. The molecule has 0 bridgehead atoms. The summed E-state index contributed by atoms with van der Waals surface area (Å²) in [6, 6.07) is 8.89. The van der Waals surface area contributed by atoms with Gasteiger partial charge in [0.1, 0.15) is 0 Å². The molecule has 2 rings (SSSR count). The van der Waals surface area contributed by atoms with Crippen LogP contribution in [0.5, 0.6) is 0 Å². The van der Waals surface area contributed by atoms with E-state index in [0.29, 0.717) is 23.3 Å². The molecule has 0 amide bonds. The van der Waals surface area contributed by atoms with E-state index in [1.165, 1.54) is 14.2 Å². The van der Waals surface area contributed by atoms with Crippen LogP contribution in [-0.4, -0.2) is 55.6 Å². The van der Waals surface area contributed by atoms with Crippen molar-refractivity contribution in [1.29, 1.82) is 0 Å². The Balaban J connectivity index is 2.20. The molecular weight excluding hydrogens is 386 g/mol. The Labute approximate surface area is 178 Å². The Morgan fingerprint density at radius 3 is 2.57 bits per heavy atom. The highest BCUT2D eigenvalue weighted by Crippen LogP contribution is 2.28. The summed E-state index contributed by atoms with van der Waals surface area (Å²) in [5.41, 5.74) is 5.17. The molecular formula is C22H29N3O5. The molecule has 0 aliphatic carbocycles. The first-order valence-corrected chi connectivity index (χ1v) is 9.61. The maximum Gasteiger partial charge on any atom is 0.310 e. The van der Waals surface area contributed by atoms with Crippen LogP contribution in [0.1, 0.15) is 39.2 Å². The lowest BCUT2D eigenvalue weighted by molar-refractivity contribution is -0.140. The van der Waals surface area contributed by atoms with Gasteiger partial charge < -0.3 is 20.0 Å². The number of allylic oxidation sites excluding steroid dienone is 2. The summed E-state index contributed by atoms with van der Waals surface area (Å²) >= 11 is 0.